The molecule has 1 N–H and O–H groups in total. The molecule has 0 spiro atoms. The number of hydrogen-bond donors (Lipinski definition) is 1. The molecule has 0 saturated carbocycles. The summed E-state index contributed by atoms with van der Waals surface area (Å²) in [5, 5.41) is 18.1. The van der Waals surface area contributed by atoms with Crippen LogP contribution in [0.5, 0.6) is 5.95 Å². The van der Waals surface area contributed by atoms with Crippen molar-refractivity contribution in [3.05, 3.63) is 22.2 Å². The SMILES string of the molecule is O=C(O)Oc1ccc([N+](=O)[O-])o1. The predicted octanol–water partition coefficient (Wildman–Crippen LogP) is 1.24. The smallest absolute Gasteiger partial charge is 0.449 e. The molecule has 0 aliphatic carbocycles. The van der Waals surface area contributed by atoms with E-state index in [2.05, 4.69) is 9.15 Å². The number of ether oxygens (including phenoxy) is 1. The lowest BCUT2D eigenvalue weighted by molar-refractivity contribution is -0.402. The Balaban J connectivity index is 2.77. The number of hydrogen-bond acceptors (Lipinski definition) is 5. The van der Waals surface area contributed by atoms with Gasteiger partial charge in [-0.3, -0.25) is 10.1 Å². The molecule has 7 nitrogen and oxygen atoms in total. The van der Waals surface area contributed by atoms with Crippen LogP contribution in [0.4, 0.5) is 10.7 Å². The molecular weight excluding hydrogens is 170 g/mol. The van der Waals surface area contributed by atoms with Crippen LogP contribution in [0.2, 0.25) is 0 Å². The maximum atomic E-state index is 10.0. The Bertz CT molecular complexity index is 315. The average molecular weight is 173 g/mol. The normalized spacial score (nSPS) is 9.33. The van der Waals surface area contributed by atoms with Gasteiger partial charge in [0.15, 0.2) is 0 Å². The van der Waals surface area contributed by atoms with Gasteiger partial charge in [-0.15, -0.1) is 0 Å². The Morgan fingerprint density at radius 1 is 1.67 bits per heavy atom. The standard InChI is InChI=1S/C5H3NO6/c7-5(8)12-4-2-1-3(11-4)6(9)10/h1-2H,(H,7,8). The van der Waals surface area contributed by atoms with Gasteiger partial charge in [0, 0.05) is 6.07 Å². The summed E-state index contributed by atoms with van der Waals surface area (Å²) in [6.45, 7) is 0. The second-order valence-corrected chi connectivity index (χ2v) is 1.72. The van der Waals surface area contributed by atoms with Gasteiger partial charge in [-0.25, -0.2) is 4.79 Å². The number of rotatable bonds is 2. The monoisotopic (exact) mass is 173 g/mol. The molecule has 64 valence electrons. The molecule has 0 amide bonds. The maximum absolute atomic E-state index is 10.0. The lowest BCUT2D eigenvalue weighted by Gasteiger charge is -1.89. The molecule has 0 fully saturated rings. The van der Waals surface area contributed by atoms with Crippen molar-refractivity contribution >= 4 is 12.0 Å². The molecule has 0 aromatic carbocycles. The van der Waals surface area contributed by atoms with Crippen LogP contribution in [0.25, 0.3) is 0 Å². The van der Waals surface area contributed by atoms with E-state index in [1.807, 2.05) is 0 Å². The molecule has 1 aromatic heterocycles. The first-order valence-corrected chi connectivity index (χ1v) is 2.74. The molecular formula is C5H3NO6. The van der Waals surface area contributed by atoms with Crippen molar-refractivity contribution in [2.45, 2.75) is 0 Å². The second-order valence-electron chi connectivity index (χ2n) is 1.72. The van der Waals surface area contributed by atoms with Crippen LogP contribution >= 0.6 is 0 Å². The zero-order valence-corrected chi connectivity index (χ0v) is 5.59. The van der Waals surface area contributed by atoms with Gasteiger partial charge in [-0.2, -0.15) is 0 Å². The minimum absolute atomic E-state index is 0.422. The third-order valence-electron chi connectivity index (χ3n) is 0.935. The number of furan rings is 1. The summed E-state index contributed by atoms with van der Waals surface area (Å²) in [5.74, 6) is -0.986. The van der Waals surface area contributed by atoms with Crippen LogP contribution in [0.1, 0.15) is 0 Å². The lowest BCUT2D eigenvalue weighted by Crippen LogP contribution is -2.01. The molecule has 1 aromatic rings. The molecule has 0 radical (unpaired) electrons. The summed E-state index contributed by atoms with van der Waals surface area (Å²) >= 11 is 0. The zero-order chi connectivity index (χ0) is 9.14. The lowest BCUT2D eigenvalue weighted by atomic mass is 10.6. The van der Waals surface area contributed by atoms with E-state index in [0.717, 1.165) is 12.1 Å². The Hall–Kier alpha value is -2.05. The van der Waals surface area contributed by atoms with Crippen molar-refractivity contribution in [2.75, 3.05) is 0 Å². The van der Waals surface area contributed by atoms with Gasteiger partial charge < -0.3 is 14.3 Å². The molecule has 0 saturated heterocycles. The molecule has 0 aliphatic heterocycles. The van der Waals surface area contributed by atoms with E-state index in [1.165, 1.54) is 0 Å². The molecule has 7 heteroatoms. The van der Waals surface area contributed by atoms with Gasteiger partial charge in [-0.05, 0) is 0 Å². The first kappa shape index (κ1) is 8.05. The molecule has 0 bridgehead atoms. The van der Waals surface area contributed by atoms with Gasteiger partial charge in [0.2, 0.25) is 0 Å². The Morgan fingerprint density at radius 2 is 2.33 bits per heavy atom. The Morgan fingerprint density at radius 3 is 2.75 bits per heavy atom. The van der Waals surface area contributed by atoms with Crippen molar-refractivity contribution < 1.29 is 24.0 Å². The summed E-state index contributed by atoms with van der Waals surface area (Å²) < 4.78 is 8.34. The molecule has 0 aliphatic rings. The van der Waals surface area contributed by atoms with E-state index in [0.29, 0.717) is 0 Å². The highest BCUT2D eigenvalue weighted by Crippen LogP contribution is 2.21. The first-order chi connectivity index (χ1) is 5.59. The van der Waals surface area contributed by atoms with E-state index in [4.69, 9.17) is 5.11 Å². The van der Waals surface area contributed by atoms with Crippen LogP contribution in [-0.4, -0.2) is 16.2 Å². The van der Waals surface area contributed by atoms with Gasteiger partial charge in [0.05, 0.1) is 6.07 Å². The van der Waals surface area contributed by atoms with Gasteiger partial charge in [-0.1, -0.05) is 0 Å². The van der Waals surface area contributed by atoms with Crippen LogP contribution < -0.4 is 4.74 Å². The maximum Gasteiger partial charge on any atom is 0.513 e. The summed E-state index contributed by atoms with van der Waals surface area (Å²) in [6.07, 6.45) is -1.58. The van der Waals surface area contributed by atoms with Gasteiger partial charge >= 0.3 is 18.0 Å². The summed E-state index contributed by atoms with van der Waals surface area (Å²) in [4.78, 5) is 19.1. The third kappa shape index (κ3) is 1.72. The molecule has 1 rings (SSSR count). The van der Waals surface area contributed by atoms with Gasteiger partial charge in [0.25, 0.3) is 0 Å². The second kappa shape index (κ2) is 2.91. The highest BCUT2D eigenvalue weighted by Gasteiger charge is 2.14. The van der Waals surface area contributed by atoms with Crippen molar-refractivity contribution in [1.82, 2.24) is 0 Å². The number of nitrogens with zero attached hydrogens (tertiary/aromatic N) is 1. The van der Waals surface area contributed by atoms with E-state index in [9.17, 15) is 14.9 Å². The van der Waals surface area contributed by atoms with Crippen molar-refractivity contribution in [1.29, 1.82) is 0 Å². The number of nitro groups is 1. The number of carbonyl (C=O) groups is 1. The minimum atomic E-state index is -1.58. The van der Waals surface area contributed by atoms with Crippen molar-refractivity contribution in [2.24, 2.45) is 0 Å². The highest BCUT2D eigenvalue weighted by molar-refractivity contribution is 5.60. The zero-order valence-electron chi connectivity index (χ0n) is 5.59. The Kier molecular flexibility index (Phi) is 1.95. The molecule has 0 atom stereocenters. The van der Waals surface area contributed by atoms with Crippen molar-refractivity contribution in [3.63, 3.8) is 0 Å². The largest absolute Gasteiger partial charge is 0.513 e. The first-order valence-electron chi connectivity index (χ1n) is 2.74. The topological polar surface area (TPSA) is 103 Å². The fourth-order valence-corrected chi connectivity index (χ4v) is 0.549. The molecule has 12 heavy (non-hydrogen) atoms. The fraction of sp³-hybridized carbons (Fsp3) is 0. The highest BCUT2D eigenvalue weighted by atomic mass is 16.7. The number of carboxylic acid groups (broad SMARTS) is 1. The third-order valence-corrected chi connectivity index (χ3v) is 0.935. The quantitative estimate of drug-likeness (QED) is 0.410. The summed E-state index contributed by atoms with van der Waals surface area (Å²) in [7, 11) is 0. The molecule has 1 heterocycles. The van der Waals surface area contributed by atoms with Crippen LogP contribution in [0.3, 0.4) is 0 Å². The van der Waals surface area contributed by atoms with E-state index >= 15 is 0 Å². The fourth-order valence-electron chi connectivity index (χ4n) is 0.549. The Labute approximate surface area is 65.3 Å². The van der Waals surface area contributed by atoms with E-state index in [1.54, 1.807) is 0 Å². The van der Waals surface area contributed by atoms with E-state index in [-0.39, 0.29) is 0 Å². The minimum Gasteiger partial charge on any atom is -0.449 e. The van der Waals surface area contributed by atoms with Crippen LogP contribution in [0.15, 0.2) is 16.5 Å². The molecule has 0 unspecified atom stereocenters. The van der Waals surface area contributed by atoms with Crippen molar-refractivity contribution in [3.8, 4) is 5.95 Å². The summed E-state index contributed by atoms with van der Waals surface area (Å²) in [5.41, 5.74) is 0. The van der Waals surface area contributed by atoms with Gasteiger partial charge in [0.1, 0.15) is 4.92 Å². The average Bonchev–Trinajstić information content (AvgIpc) is 2.34. The van der Waals surface area contributed by atoms with E-state index < -0.39 is 22.9 Å². The summed E-state index contributed by atoms with van der Waals surface area (Å²) in [6, 6.07) is 2.05. The predicted molar refractivity (Wildman–Crippen MR) is 34.0 cm³/mol. The van der Waals surface area contributed by atoms with Crippen LogP contribution in [0, 0.1) is 10.1 Å². The van der Waals surface area contributed by atoms with Crippen LogP contribution in [-0.2, 0) is 0 Å².